The molecular weight excluding hydrogens is 198 g/mol. The Balaban J connectivity index is 3.76. The fraction of sp³-hybridized carbons (Fsp3) is 0.900. The molecule has 0 saturated carbocycles. The van der Waals surface area contributed by atoms with Gasteiger partial charge in [0.05, 0.1) is 37.0 Å². The average Bonchev–Trinajstić information content (AvgIpc) is 1.98. The summed E-state index contributed by atoms with van der Waals surface area (Å²) in [4.78, 5) is 0. The molecule has 0 aromatic rings. The van der Waals surface area contributed by atoms with E-state index >= 15 is 0 Å². The monoisotopic (exact) mass is 222 g/mol. The maximum absolute atomic E-state index is 10.9. The molecule has 4 heteroatoms. The van der Waals surface area contributed by atoms with Crippen molar-refractivity contribution in [1.82, 2.24) is 0 Å². The van der Waals surface area contributed by atoms with Crippen molar-refractivity contribution >= 4 is 15.7 Å². The van der Waals surface area contributed by atoms with E-state index < -0.39 is 9.80 Å². The number of hydrogen-bond acceptors (Lipinski definition) is 1. The van der Waals surface area contributed by atoms with Gasteiger partial charge in [-0.05, 0) is 12.3 Å². The Morgan fingerprint density at radius 1 is 1.29 bits per heavy atom. The molecule has 0 aromatic carbocycles. The molecule has 86 valence electrons. The molecule has 0 bridgehead atoms. The van der Waals surface area contributed by atoms with Crippen molar-refractivity contribution in [3.05, 3.63) is 0 Å². The van der Waals surface area contributed by atoms with Crippen molar-refractivity contribution in [2.24, 2.45) is 0 Å². The molecule has 0 rings (SSSR count). The average molecular weight is 222 g/mol. The summed E-state index contributed by atoms with van der Waals surface area (Å²) < 4.78 is 20.9. The zero-order valence-electron chi connectivity index (χ0n) is 9.66. The Morgan fingerprint density at radius 2 is 1.79 bits per heavy atom. The van der Waals surface area contributed by atoms with Crippen LogP contribution in [0.15, 0.2) is 0 Å². The van der Waals surface area contributed by atoms with E-state index in [-0.39, 0.29) is 0 Å². The predicted molar refractivity (Wildman–Crippen MR) is 64.1 cm³/mol. The summed E-state index contributed by atoms with van der Waals surface area (Å²) in [6.07, 6.45) is 3.19. The third-order valence-electron chi connectivity index (χ3n) is 2.34. The normalized spacial score (nSPS) is 16.6. The van der Waals surface area contributed by atoms with Gasteiger partial charge in [-0.1, -0.05) is 13.3 Å². The van der Waals surface area contributed by atoms with Crippen LogP contribution in [0, 0.1) is 0 Å². The molecular formula is C10H24NO2S+. The third kappa shape index (κ3) is 8.53. The fourth-order valence-electron chi connectivity index (χ4n) is 1.42. The van der Waals surface area contributed by atoms with E-state index in [9.17, 15) is 4.21 Å². The van der Waals surface area contributed by atoms with Crippen LogP contribution in [0.3, 0.4) is 0 Å². The lowest BCUT2D eigenvalue weighted by Gasteiger charge is -2.29. The zero-order chi connectivity index (χ0) is 11.2. The standard InChI is InChI=1S/C10H23NO2S/c1-5-6-8-11(2,3)9-7-10-14(4,12)13/h4-10H2,1-3H3/p+1. The van der Waals surface area contributed by atoms with E-state index in [2.05, 4.69) is 26.9 Å². The van der Waals surface area contributed by atoms with Crippen LogP contribution in [0.25, 0.3) is 0 Å². The van der Waals surface area contributed by atoms with Gasteiger partial charge in [-0.15, -0.1) is 0 Å². The molecule has 0 aromatic heterocycles. The van der Waals surface area contributed by atoms with Crippen LogP contribution in [-0.4, -0.2) is 52.1 Å². The van der Waals surface area contributed by atoms with Crippen LogP contribution in [0.2, 0.25) is 0 Å². The molecule has 3 nitrogen and oxygen atoms in total. The van der Waals surface area contributed by atoms with Crippen LogP contribution in [0.4, 0.5) is 0 Å². The quantitative estimate of drug-likeness (QED) is 0.523. The SMILES string of the molecule is C=S(=O)(O)CCC[N+](C)(C)CCCC. The number of unbranched alkanes of at least 4 members (excludes halogenated alkanes) is 1. The Hall–Kier alpha value is -0.0600. The largest absolute Gasteiger partial charge is 0.328 e. The van der Waals surface area contributed by atoms with E-state index in [0.717, 1.165) is 24.0 Å². The Morgan fingerprint density at radius 3 is 2.21 bits per heavy atom. The minimum absolute atomic E-state index is 0.320. The van der Waals surface area contributed by atoms with Gasteiger partial charge in [0.15, 0.2) is 0 Å². The second-order valence-electron chi connectivity index (χ2n) is 4.57. The summed E-state index contributed by atoms with van der Waals surface area (Å²) in [7, 11) is 1.55. The lowest BCUT2D eigenvalue weighted by atomic mass is 10.3. The summed E-state index contributed by atoms with van der Waals surface area (Å²) in [6, 6.07) is 0. The first kappa shape index (κ1) is 13.9. The van der Waals surface area contributed by atoms with Crippen molar-refractivity contribution in [2.45, 2.75) is 26.2 Å². The second-order valence-corrected chi connectivity index (χ2v) is 6.52. The number of hydrogen-bond donors (Lipinski definition) is 1. The highest BCUT2D eigenvalue weighted by molar-refractivity contribution is 7.95. The molecule has 0 aliphatic carbocycles. The summed E-state index contributed by atoms with van der Waals surface area (Å²) in [5.41, 5.74) is 0. The molecule has 1 atom stereocenters. The molecule has 0 fully saturated rings. The van der Waals surface area contributed by atoms with Gasteiger partial charge in [0, 0.05) is 12.2 Å². The molecule has 14 heavy (non-hydrogen) atoms. The van der Waals surface area contributed by atoms with E-state index in [1.165, 1.54) is 12.8 Å². The number of rotatable bonds is 7. The Kier molecular flexibility index (Phi) is 5.71. The molecule has 0 spiro atoms. The van der Waals surface area contributed by atoms with Gasteiger partial charge in [-0.2, -0.15) is 0 Å². The number of quaternary nitrogens is 1. The predicted octanol–water partition coefficient (Wildman–Crippen LogP) is 1.44. The fourth-order valence-corrected chi connectivity index (χ4v) is 2.00. The van der Waals surface area contributed by atoms with Crippen LogP contribution in [0.1, 0.15) is 26.2 Å². The second kappa shape index (κ2) is 5.73. The summed E-state index contributed by atoms with van der Waals surface area (Å²) in [5, 5.41) is 0. The van der Waals surface area contributed by atoms with Crippen molar-refractivity contribution in [2.75, 3.05) is 32.9 Å². The molecule has 0 amide bonds. The maximum atomic E-state index is 10.9. The molecule has 0 saturated heterocycles. The minimum atomic E-state index is -2.78. The molecule has 0 aliphatic heterocycles. The van der Waals surface area contributed by atoms with Gasteiger partial charge in [0.2, 0.25) is 0 Å². The van der Waals surface area contributed by atoms with Crippen molar-refractivity contribution < 1.29 is 13.2 Å². The van der Waals surface area contributed by atoms with Gasteiger partial charge < -0.3 is 9.04 Å². The molecule has 0 heterocycles. The van der Waals surface area contributed by atoms with E-state index in [4.69, 9.17) is 4.55 Å². The van der Waals surface area contributed by atoms with Gasteiger partial charge >= 0.3 is 0 Å². The van der Waals surface area contributed by atoms with Crippen LogP contribution in [0.5, 0.6) is 0 Å². The van der Waals surface area contributed by atoms with E-state index in [1.807, 2.05) is 0 Å². The highest BCUT2D eigenvalue weighted by Gasteiger charge is 2.14. The summed E-state index contributed by atoms with van der Waals surface area (Å²) in [5.74, 6) is 3.55. The van der Waals surface area contributed by atoms with Crippen molar-refractivity contribution in [3.8, 4) is 0 Å². The van der Waals surface area contributed by atoms with Gasteiger partial charge in [-0.3, -0.25) is 0 Å². The zero-order valence-corrected chi connectivity index (χ0v) is 10.5. The van der Waals surface area contributed by atoms with Gasteiger partial charge in [0.25, 0.3) is 0 Å². The lowest BCUT2D eigenvalue weighted by molar-refractivity contribution is -0.890. The molecule has 1 N–H and O–H groups in total. The highest BCUT2D eigenvalue weighted by atomic mass is 32.2. The lowest BCUT2D eigenvalue weighted by Crippen LogP contribution is -2.41. The first-order valence-corrected chi connectivity index (χ1v) is 7.01. The van der Waals surface area contributed by atoms with E-state index in [0.29, 0.717) is 5.75 Å². The Bertz CT molecular complexity index is 245. The van der Waals surface area contributed by atoms with Gasteiger partial charge in [0.1, 0.15) is 0 Å². The summed E-state index contributed by atoms with van der Waals surface area (Å²) >= 11 is 0. The first-order chi connectivity index (χ1) is 6.27. The Labute approximate surface area is 88.5 Å². The van der Waals surface area contributed by atoms with Crippen LogP contribution < -0.4 is 0 Å². The maximum Gasteiger partial charge on any atom is 0.0792 e. The van der Waals surface area contributed by atoms with Crippen LogP contribution in [-0.2, 0) is 9.80 Å². The molecule has 1 unspecified atom stereocenters. The molecule has 0 radical (unpaired) electrons. The van der Waals surface area contributed by atoms with Crippen LogP contribution >= 0.6 is 0 Å². The smallest absolute Gasteiger partial charge is 0.0792 e. The summed E-state index contributed by atoms with van der Waals surface area (Å²) in [6.45, 7) is 4.27. The number of nitrogens with zero attached hydrogens (tertiary/aromatic N) is 1. The van der Waals surface area contributed by atoms with Crippen molar-refractivity contribution in [3.63, 3.8) is 0 Å². The topological polar surface area (TPSA) is 37.3 Å². The third-order valence-corrected chi connectivity index (χ3v) is 3.27. The van der Waals surface area contributed by atoms with E-state index in [1.54, 1.807) is 0 Å². The minimum Gasteiger partial charge on any atom is -0.328 e. The highest BCUT2D eigenvalue weighted by Crippen LogP contribution is 2.03. The first-order valence-electron chi connectivity index (χ1n) is 5.16. The molecule has 0 aliphatic rings. The van der Waals surface area contributed by atoms with Crippen molar-refractivity contribution in [1.29, 1.82) is 0 Å². The van der Waals surface area contributed by atoms with Gasteiger partial charge in [-0.25, -0.2) is 4.21 Å².